The SMILES string of the molecule is [Li][CH2]CCCSCc1ccccc1. The molecule has 0 aliphatic rings. The molecule has 0 radical (unpaired) electrons. The standard InChI is InChI=1S/C11H15S.Li/c1-2-3-9-12-10-11-7-5-4-6-8-11;/h4-8H,1-3,9-10H2;. The van der Waals surface area contributed by atoms with E-state index >= 15 is 0 Å². The second kappa shape index (κ2) is 7.56. The number of thioether (sulfide) groups is 1. The van der Waals surface area contributed by atoms with Gasteiger partial charge in [0.2, 0.25) is 0 Å². The summed E-state index contributed by atoms with van der Waals surface area (Å²) >= 11 is 4.30. The van der Waals surface area contributed by atoms with Gasteiger partial charge in [-0.15, -0.1) is 0 Å². The van der Waals surface area contributed by atoms with Crippen LogP contribution in [0.15, 0.2) is 30.3 Å². The van der Waals surface area contributed by atoms with Gasteiger partial charge in [-0.1, -0.05) is 0 Å². The van der Waals surface area contributed by atoms with Crippen LogP contribution in [-0.2, 0) is 5.75 Å². The van der Waals surface area contributed by atoms with E-state index in [1.54, 1.807) is 0 Å². The molecule has 0 saturated carbocycles. The first-order valence-electron chi connectivity index (χ1n) is 5.05. The van der Waals surface area contributed by atoms with Gasteiger partial charge in [-0.2, -0.15) is 0 Å². The van der Waals surface area contributed by atoms with Crippen LogP contribution in [0.2, 0.25) is 5.09 Å². The Balaban J connectivity index is 2.07. The Labute approximate surface area is 94.7 Å². The Kier molecular flexibility index (Phi) is 6.54. The third-order valence-corrected chi connectivity index (χ3v) is 3.12. The zero-order valence-electron chi connectivity index (χ0n) is 8.33. The summed E-state index contributed by atoms with van der Waals surface area (Å²) in [6.45, 7) is 0. The van der Waals surface area contributed by atoms with E-state index in [0.29, 0.717) is 0 Å². The van der Waals surface area contributed by atoms with Gasteiger partial charge >= 0.3 is 94.8 Å². The molecule has 66 valence electrons. The fourth-order valence-corrected chi connectivity index (χ4v) is 2.20. The van der Waals surface area contributed by atoms with Crippen molar-refractivity contribution < 1.29 is 0 Å². The summed E-state index contributed by atoms with van der Waals surface area (Å²) in [5.41, 5.74) is 1.45. The average molecular weight is 186 g/mol. The van der Waals surface area contributed by atoms with E-state index in [-0.39, 0.29) is 0 Å². The zero-order chi connectivity index (χ0) is 9.36. The summed E-state index contributed by atoms with van der Waals surface area (Å²) in [7, 11) is 0. The third kappa shape index (κ3) is 5.47. The molecule has 1 rings (SSSR count). The third-order valence-electron chi connectivity index (χ3n) is 2.00. The molecule has 0 heterocycles. The Morgan fingerprint density at radius 3 is 2.54 bits per heavy atom. The summed E-state index contributed by atoms with van der Waals surface area (Å²) < 4.78 is 0. The first-order chi connectivity index (χ1) is 6.43. The number of hydrogen-bond acceptors (Lipinski definition) is 1. The van der Waals surface area contributed by atoms with Crippen LogP contribution in [0.5, 0.6) is 0 Å². The fourth-order valence-electron chi connectivity index (χ4n) is 1.22. The quantitative estimate of drug-likeness (QED) is 0.485. The topological polar surface area (TPSA) is 0 Å². The van der Waals surface area contributed by atoms with Crippen molar-refractivity contribution in [3.05, 3.63) is 35.9 Å². The van der Waals surface area contributed by atoms with Crippen LogP contribution in [0.4, 0.5) is 0 Å². The molecule has 0 N–H and O–H groups in total. The Morgan fingerprint density at radius 2 is 1.85 bits per heavy atom. The first-order valence-corrected chi connectivity index (χ1v) is 6.20. The Bertz CT molecular complexity index is 211. The molecule has 1 aromatic rings. The van der Waals surface area contributed by atoms with Gasteiger partial charge in [0.05, 0.1) is 0 Å². The van der Waals surface area contributed by atoms with Crippen LogP contribution in [0.3, 0.4) is 0 Å². The van der Waals surface area contributed by atoms with Crippen LogP contribution in [-0.4, -0.2) is 23.5 Å². The van der Waals surface area contributed by atoms with Crippen LogP contribution in [0.25, 0.3) is 0 Å². The van der Waals surface area contributed by atoms with Crippen LogP contribution >= 0.6 is 11.8 Å². The van der Waals surface area contributed by atoms with Gasteiger partial charge in [0.25, 0.3) is 0 Å². The second-order valence-electron chi connectivity index (χ2n) is 3.25. The van der Waals surface area contributed by atoms with E-state index < -0.39 is 0 Å². The molecule has 0 spiro atoms. The molecule has 0 aromatic heterocycles. The van der Waals surface area contributed by atoms with Gasteiger partial charge in [-0.25, -0.2) is 0 Å². The van der Waals surface area contributed by atoms with Crippen LogP contribution in [0, 0.1) is 0 Å². The normalized spacial score (nSPS) is 10.3. The summed E-state index contributed by atoms with van der Waals surface area (Å²) in [5.74, 6) is 2.48. The predicted molar refractivity (Wildman–Crippen MR) is 62.4 cm³/mol. The minimum atomic E-state index is 1.17. The van der Waals surface area contributed by atoms with Crippen LogP contribution in [0.1, 0.15) is 18.4 Å². The van der Waals surface area contributed by atoms with Crippen molar-refractivity contribution in [3.63, 3.8) is 0 Å². The molecular weight excluding hydrogens is 171 g/mol. The molecule has 0 nitrogen and oxygen atoms in total. The summed E-state index contributed by atoms with van der Waals surface area (Å²) in [4.78, 5) is 0. The maximum absolute atomic E-state index is 2.25. The van der Waals surface area contributed by atoms with E-state index in [0.717, 1.165) is 0 Å². The number of hydrogen-bond donors (Lipinski definition) is 0. The van der Waals surface area contributed by atoms with Crippen molar-refractivity contribution in [2.24, 2.45) is 0 Å². The molecule has 1 aromatic carbocycles. The van der Waals surface area contributed by atoms with Crippen molar-refractivity contribution in [1.29, 1.82) is 0 Å². The predicted octanol–water partition coefficient (Wildman–Crippen LogP) is 3.29. The van der Waals surface area contributed by atoms with E-state index in [4.69, 9.17) is 0 Å². The molecule has 2 heteroatoms. The number of rotatable bonds is 6. The monoisotopic (exact) mass is 186 g/mol. The number of unbranched alkanes of at least 4 members (excludes halogenated alkanes) is 1. The average Bonchev–Trinajstić information content (AvgIpc) is 2.19. The Hall–Kier alpha value is 0.167. The fraction of sp³-hybridized carbons (Fsp3) is 0.455. The zero-order valence-corrected chi connectivity index (χ0v) is 9.15. The first kappa shape index (κ1) is 11.2. The molecule has 0 aliphatic heterocycles. The van der Waals surface area contributed by atoms with Gasteiger partial charge in [-0.05, 0) is 0 Å². The van der Waals surface area contributed by atoms with Gasteiger partial charge in [-0.3, -0.25) is 0 Å². The van der Waals surface area contributed by atoms with Gasteiger partial charge in [0.1, 0.15) is 0 Å². The summed E-state index contributed by atoms with van der Waals surface area (Å²) in [6.07, 6.45) is 2.75. The van der Waals surface area contributed by atoms with Gasteiger partial charge in [0, 0.05) is 0 Å². The molecular formula is C11H15LiS. The molecule has 0 saturated heterocycles. The van der Waals surface area contributed by atoms with E-state index in [1.165, 1.54) is 35.0 Å². The number of benzene rings is 1. The van der Waals surface area contributed by atoms with Crippen molar-refractivity contribution in [3.8, 4) is 0 Å². The van der Waals surface area contributed by atoms with Crippen molar-refractivity contribution >= 4 is 29.5 Å². The maximum atomic E-state index is 2.25. The second-order valence-corrected chi connectivity index (χ2v) is 4.35. The molecule has 0 aliphatic carbocycles. The van der Waals surface area contributed by atoms with Crippen LogP contribution < -0.4 is 0 Å². The molecule has 13 heavy (non-hydrogen) atoms. The van der Waals surface area contributed by atoms with E-state index in [2.05, 4.69) is 48.0 Å². The van der Waals surface area contributed by atoms with E-state index in [9.17, 15) is 0 Å². The van der Waals surface area contributed by atoms with Crippen molar-refractivity contribution in [1.82, 2.24) is 0 Å². The van der Waals surface area contributed by atoms with E-state index in [1.807, 2.05) is 11.8 Å². The molecule has 0 atom stereocenters. The molecule has 0 bridgehead atoms. The van der Waals surface area contributed by atoms with Gasteiger partial charge < -0.3 is 0 Å². The Morgan fingerprint density at radius 1 is 1.08 bits per heavy atom. The molecule has 0 unspecified atom stereocenters. The summed E-state index contributed by atoms with van der Waals surface area (Å²) in [5, 5.41) is 1.33. The van der Waals surface area contributed by atoms with Crippen molar-refractivity contribution in [2.75, 3.05) is 5.75 Å². The molecule has 0 fully saturated rings. The molecule has 0 amide bonds. The minimum absolute atomic E-state index is 1.17. The summed E-state index contributed by atoms with van der Waals surface area (Å²) in [6, 6.07) is 10.7. The van der Waals surface area contributed by atoms with Gasteiger partial charge in [0.15, 0.2) is 0 Å². The van der Waals surface area contributed by atoms with Crippen molar-refractivity contribution in [2.45, 2.75) is 23.7 Å².